The second-order valence-electron chi connectivity index (χ2n) is 6.36. The molecule has 136 valence electrons. The Kier molecular flexibility index (Phi) is 4.79. The lowest BCUT2D eigenvalue weighted by Gasteiger charge is -2.29. The van der Waals surface area contributed by atoms with E-state index in [1.807, 2.05) is 12.1 Å². The molecule has 0 atom stereocenters. The highest BCUT2D eigenvalue weighted by atomic mass is 16.4. The second-order valence-corrected chi connectivity index (χ2v) is 6.36. The summed E-state index contributed by atoms with van der Waals surface area (Å²) < 4.78 is 5.21. The van der Waals surface area contributed by atoms with Crippen molar-refractivity contribution in [2.24, 2.45) is 0 Å². The maximum Gasteiger partial charge on any atom is 0.311 e. The van der Waals surface area contributed by atoms with E-state index in [2.05, 4.69) is 5.32 Å². The lowest BCUT2D eigenvalue weighted by molar-refractivity contribution is -0.136. The number of hydrogen-bond donors (Lipinski definition) is 2. The van der Waals surface area contributed by atoms with Crippen LogP contribution in [0.1, 0.15) is 40.6 Å². The number of anilines is 2. The van der Waals surface area contributed by atoms with Crippen LogP contribution in [0.4, 0.5) is 11.4 Å². The lowest BCUT2D eigenvalue weighted by Crippen LogP contribution is -2.33. The predicted octanol–water partition coefficient (Wildman–Crippen LogP) is 2.77. The maximum atomic E-state index is 12.6. The summed E-state index contributed by atoms with van der Waals surface area (Å²) in [6, 6.07) is 5.42. The van der Waals surface area contributed by atoms with E-state index in [0.717, 1.165) is 24.1 Å². The summed E-state index contributed by atoms with van der Waals surface area (Å²) in [5.41, 5.74) is 3.29. The molecule has 0 saturated heterocycles. The zero-order chi connectivity index (χ0) is 18.8. The van der Waals surface area contributed by atoms with E-state index in [1.165, 1.54) is 13.2 Å². The largest absolute Gasteiger partial charge is 0.481 e. The molecule has 1 aliphatic heterocycles. The molecular formula is C19H20N2O5. The Labute approximate surface area is 150 Å². The number of carbonyl (C=O) groups is 3. The first-order valence-electron chi connectivity index (χ1n) is 8.38. The molecule has 1 aromatic heterocycles. The van der Waals surface area contributed by atoms with E-state index in [9.17, 15) is 14.4 Å². The highest BCUT2D eigenvalue weighted by molar-refractivity contribution is 6.06. The van der Waals surface area contributed by atoms with Gasteiger partial charge in [0, 0.05) is 30.4 Å². The number of amides is 2. The fourth-order valence-corrected chi connectivity index (χ4v) is 3.27. The highest BCUT2D eigenvalue weighted by Gasteiger charge is 2.23. The third-order valence-electron chi connectivity index (χ3n) is 4.43. The number of carboxylic acids is 1. The lowest BCUT2D eigenvalue weighted by atomic mass is 10.0. The van der Waals surface area contributed by atoms with Gasteiger partial charge in [0.05, 0.1) is 11.8 Å². The number of carbonyl (C=O) groups excluding carboxylic acids is 2. The molecular weight excluding hydrogens is 336 g/mol. The number of furan rings is 1. The SMILES string of the molecule is CC(=O)N1CCCc2cc(NC(=O)c3c(C)coc3CC(=O)O)ccc21. The summed E-state index contributed by atoms with van der Waals surface area (Å²) in [5, 5.41) is 11.7. The predicted molar refractivity (Wildman–Crippen MR) is 95.5 cm³/mol. The highest BCUT2D eigenvalue weighted by Crippen LogP contribution is 2.30. The first-order valence-corrected chi connectivity index (χ1v) is 8.38. The van der Waals surface area contributed by atoms with Crippen LogP contribution in [-0.4, -0.2) is 29.4 Å². The minimum atomic E-state index is -1.06. The molecule has 2 amide bonds. The van der Waals surface area contributed by atoms with Gasteiger partial charge in [0.2, 0.25) is 5.91 Å². The van der Waals surface area contributed by atoms with Gasteiger partial charge >= 0.3 is 5.97 Å². The van der Waals surface area contributed by atoms with Crippen molar-refractivity contribution in [1.82, 2.24) is 0 Å². The third-order valence-corrected chi connectivity index (χ3v) is 4.43. The molecule has 0 aliphatic carbocycles. The van der Waals surface area contributed by atoms with Crippen molar-refractivity contribution in [3.05, 3.63) is 46.9 Å². The number of fused-ring (bicyclic) bond motifs is 1. The molecule has 0 spiro atoms. The van der Waals surface area contributed by atoms with Crippen molar-refractivity contribution >= 4 is 29.2 Å². The van der Waals surface area contributed by atoms with Crippen molar-refractivity contribution in [2.75, 3.05) is 16.8 Å². The Morgan fingerprint density at radius 1 is 1.31 bits per heavy atom. The summed E-state index contributed by atoms with van der Waals surface area (Å²) in [6.45, 7) is 3.93. The number of benzene rings is 1. The van der Waals surface area contributed by atoms with E-state index in [0.29, 0.717) is 17.8 Å². The van der Waals surface area contributed by atoms with Crippen LogP contribution in [0.25, 0.3) is 0 Å². The molecule has 3 rings (SSSR count). The van der Waals surface area contributed by atoms with Crippen LogP contribution in [-0.2, 0) is 22.4 Å². The molecule has 1 aliphatic rings. The summed E-state index contributed by atoms with van der Waals surface area (Å²) in [5.74, 6) is -1.35. The van der Waals surface area contributed by atoms with Crippen LogP contribution in [0.2, 0.25) is 0 Å². The van der Waals surface area contributed by atoms with Gasteiger partial charge in [-0.3, -0.25) is 14.4 Å². The van der Waals surface area contributed by atoms with Crippen LogP contribution in [0, 0.1) is 6.92 Å². The van der Waals surface area contributed by atoms with Gasteiger partial charge < -0.3 is 19.7 Å². The van der Waals surface area contributed by atoms with Crippen LogP contribution >= 0.6 is 0 Å². The quantitative estimate of drug-likeness (QED) is 0.877. The van der Waals surface area contributed by atoms with E-state index >= 15 is 0 Å². The Hall–Kier alpha value is -3.09. The first kappa shape index (κ1) is 17.7. The van der Waals surface area contributed by atoms with Gasteiger partial charge in [0.15, 0.2) is 0 Å². The summed E-state index contributed by atoms with van der Waals surface area (Å²) in [7, 11) is 0. The summed E-state index contributed by atoms with van der Waals surface area (Å²) >= 11 is 0. The maximum absolute atomic E-state index is 12.6. The van der Waals surface area contributed by atoms with Crippen LogP contribution in [0.5, 0.6) is 0 Å². The molecule has 7 nitrogen and oxygen atoms in total. The first-order chi connectivity index (χ1) is 12.4. The van der Waals surface area contributed by atoms with Gasteiger partial charge in [-0.05, 0) is 43.5 Å². The topological polar surface area (TPSA) is 99.9 Å². The normalized spacial score (nSPS) is 13.2. The van der Waals surface area contributed by atoms with Gasteiger partial charge in [-0.15, -0.1) is 0 Å². The average Bonchev–Trinajstić information content (AvgIpc) is 2.93. The van der Waals surface area contributed by atoms with Crippen LogP contribution < -0.4 is 10.2 Å². The van der Waals surface area contributed by atoms with Gasteiger partial charge in [0.1, 0.15) is 12.2 Å². The number of aryl methyl sites for hydroxylation is 2. The third kappa shape index (κ3) is 3.46. The molecule has 0 saturated carbocycles. The smallest absolute Gasteiger partial charge is 0.311 e. The fraction of sp³-hybridized carbons (Fsp3) is 0.316. The number of rotatable bonds is 4. The molecule has 26 heavy (non-hydrogen) atoms. The Morgan fingerprint density at radius 2 is 2.08 bits per heavy atom. The number of nitrogens with zero attached hydrogens (tertiary/aromatic N) is 1. The summed E-state index contributed by atoms with van der Waals surface area (Å²) in [4.78, 5) is 37.0. The summed E-state index contributed by atoms with van der Waals surface area (Å²) in [6.07, 6.45) is 2.73. The molecule has 0 bridgehead atoms. The Bertz CT molecular complexity index is 884. The molecule has 7 heteroatoms. The molecule has 1 aromatic carbocycles. The number of carboxylic acid groups (broad SMARTS) is 1. The standard InChI is InChI=1S/C19H20N2O5/c1-11-10-26-16(9-17(23)24)18(11)19(25)20-14-5-6-15-13(8-14)4-3-7-21(15)12(2)22/h5-6,8,10H,3-4,7,9H2,1-2H3,(H,20,25)(H,23,24). The van der Waals surface area contributed by atoms with E-state index < -0.39 is 11.9 Å². The Balaban J connectivity index is 1.84. The van der Waals surface area contributed by atoms with Gasteiger partial charge in [-0.1, -0.05) is 0 Å². The molecule has 2 heterocycles. The van der Waals surface area contributed by atoms with Crippen molar-refractivity contribution < 1.29 is 23.9 Å². The minimum Gasteiger partial charge on any atom is -0.481 e. The van der Waals surface area contributed by atoms with E-state index in [-0.39, 0.29) is 23.7 Å². The molecule has 2 aromatic rings. The van der Waals surface area contributed by atoms with Crippen LogP contribution in [0.3, 0.4) is 0 Å². The van der Waals surface area contributed by atoms with E-state index in [4.69, 9.17) is 9.52 Å². The second kappa shape index (κ2) is 7.03. The molecule has 0 fully saturated rings. The van der Waals surface area contributed by atoms with Crippen molar-refractivity contribution in [2.45, 2.75) is 33.1 Å². The molecule has 0 unspecified atom stereocenters. The average molecular weight is 356 g/mol. The number of aliphatic carboxylic acids is 1. The monoisotopic (exact) mass is 356 g/mol. The zero-order valence-corrected chi connectivity index (χ0v) is 14.7. The van der Waals surface area contributed by atoms with Gasteiger partial charge in [0.25, 0.3) is 5.91 Å². The van der Waals surface area contributed by atoms with Crippen molar-refractivity contribution in [3.8, 4) is 0 Å². The number of hydrogen-bond acceptors (Lipinski definition) is 4. The number of nitrogens with one attached hydrogen (secondary N) is 1. The van der Waals surface area contributed by atoms with Crippen molar-refractivity contribution in [3.63, 3.8) is 0 Å². The Morgan fingerprint density at radius 3 is 2.77 bits per heavy atom. The van der Waals surface area contributed by atoms with Crippen LogP contribution in [0.15, 0.2) is 28.9 Å². The van der Waals surface area contributed by atoms with Gasteiger partial charge in [-0.25, -0.2) is 0 Å². The zero-order valence-electron chi connectivity index (χ0n) is 14.7. The molecule has 0 radical (unpaired) electrons. The van der Waals surface area contributed by atoms with E-state index in [1.54, 1.807) is 17.9 Å². The fourth-order valence-electron chi connectivity index (χ4n) is 3.27. The minimum absolute atomic E-state index is 0.00456. The van der Waals surface area contributed by atoms with Crippen molar-refractivity contribution in [1.29, 1.82) is 0 Å². The van der Waals surface area contributed by atoms with Gasteiger partial charge in [-0.2, -0.15) is 0 Å². The molecule has 2 N–H and O–H groups in total.